The van der Waals surface area contributed by atoms with Gasteiger partial charge in [-0.25, -0.2) is 0 Å². The fourth-order valence-corrected chi connectivity index (χ4v) is 2.04. The lowest BCUT2D eigenvalue weighted by atomic mass is 9.79. The molecule has 0 saturated carbocycles. The van der Waals surface area contributed by atoms with Gasteiger partial charge in [-0.05, 0) is 24.1 Å². The first-order chi connectivity index (χ1) is 7.38. The van der Waals surface area contributed by atoms with Gasteiger partial charge < -0.3 is 9.84 Å². The molecular formula is C13H18O3. The fourth-order valence-electron chi connectivity index (χ4n) is 2.04. The maximum absolute atomic E-state index is 10.8. The molecule has 0 aliphatic rings. The van der Waals surface area contributed by atoms with Gasteiger partial charge in [0.15, 0.2) is 0 Å². The molecule has 0 bridgehead atoms. The molecule has 1 aromatic carbocycles. The molecular weight excluding hydrogens is 204 g/mol. The molecule has 3 nitrogen and oxygen atoms in total. The Labute approximate surface area is 96.1 Å². The van der Waals surface area contributed by atoms with Crippen molar-refractivity contribution in [2.24, 2.45) is 0 Å². The highest BCUT2D eigenvalue weighted by Crippen LogP contribution is 2.33. The van der Waals surface area contributed by atoms with Gasteiger partial charge in [-0.3, -0.25) is 4.79 Å². The number of carboxylic acids is 1. The van der Waals surface area contributed by atoms with Crippen LogP contribution in [0.1, 0.15) is 31.4 Å². The number of carbonyl (C=O) groups is 1. The average molecular weight is 222 g/mol. The molecule has 0 heterocycles. The number of aliphatic carboxylic acids is 1. The first-order valence-electron chi connectivity index (χ1n) is 5.24. The first kappa shape index (κ1) is 12.6. The second kappa shape index (κ2) is 4.56. The zero-order valence-electron chi connectivity index (χ0n) is 10.2. The molecule has 0 fully saturated rings. The van der Waals surface area contributed by atoms with Gasteiger partial charge in [-0.1, -0.05) is 26.0 Å². The Morgan fingerprint density at radius 2 is 2.06 bits per heavy atom. The van der Waals surface area contributed by atoms with Gasteiger partial charge in [0.25, 0.3) is 0 Å². The number of rotatable bonds is 4. The van der Waals surface area contributed by atoms with Gasteiger partial charge in [-0.15, -0.1) is 0 Å². The van der Waals surface area contributed by atoms with Crippen LogP contribution in [0.4, 0.5) is 0 Å². The molecule has 3 heteroatoms. The Balaban J connectivity index is 3.17. The topological polar surface area (TPSA) is 46.5 Å². The van der Waals surface area contributed by atoms with Gasteiger partial charge in [0.2, 0.25) is 0 Å². The van der Waals surface area contributed by atoms with Gasteiger partial charge in [0.05, 0.1) is 13.5 Å². The number of methoxy groups -OCH3 is 1. The summed E-state index contributed by atoms with van der Waals surface area (Å²) in [5, 5.41) is 8.90. The molecule has 88 valence electrons. The summed E-state index contributed by atoms with van der Waals surface area (Å²) in [5.41, 5.74) is 1.65. The number of carboxylic acid groups (broad SMARTS) is 1. The maximum atomic E-state index is 10.8. The number of ether oxygens (including phenoxy) is 1. The predicted molar refractivity (Wildman–Crippen MR) is 63.0 cm³/mol. The molecule has 0 saturated heterocycles. The predicted octanol–water partition coefficient (Wildman–Crippen LogP) is 2.76. The lowest BCUT2D eigenvalue weighted by Crippen LogP contribution is -2.22. The van der Waals surface area contributed by atoms with Crippen LogP contribution in [0.25, 0.3) is 0 Å². The summed E-state index contributed by atoms with van der Waals surface area (Å²) in [7, 11) is 1.62. The first-order valence-corrected chi connectivity index (χ1v) is 5.24. The van der Waals surface area contributed by atoms with Crippen LogP contribution < -0.4 is 4.74 Å². The second-order valence-electron chi connectivity index (χ2n) is 4.59. The number of benzene rings is 1. The van der Waals surface area contributed by atoms with Crippen molar-refractivity contribution in [2.75, 3.05) is 7.11 Å². The molecule has 0 aromatic heterocycles. The van der Waals surface area contributed by atoms with Crippen molar-refractivity contribution in [2.45, 2.75) is 32.6 Å². The van der Waals surface area contributed by atoms with E-state index in [0.29, 0.717) is 0 Å². The second-order valence-corrected chi connectivity index (χ2v) is 4.59. The minimum Gasteiger partial charge on any atom is -0.496 e. The Hall–Kier alpha value is -1.51. The summed E-state index contributed by atoms with van der Waals surface area (Å²) in [6, 6.07) is 5.74. The molecule has 0 aliphatic carbocycles. The summed E-state index contributed by atoms with van der Waals surface area (Å²) in [4.78, 5) is 10.8. The normalized spacial score (nSPS) is 11.2. The minimum atomic E-state index is -0.785. The zero-order chi connectivity index (χ0) is 12.3. The van der Waals surface area contributed by atoms with E-state index in [0.717, 1.165) is 16.9 Å². The average Bonchev–Trinajstić information content (AvgIpc) is 2.15. The molecule has 0 amide bonds. The third kappa shape index (κ3) is 2.54. The Bertz CT molecular complexity index is 394. The third-order valence-corrected chi connectivity index (χ3v) is 2.83. The van der Waals surface area contributed by atoms with Crippen molar-refractivity contribution in [3.05, 3.63) is 29.3 Å². The number of hydrogen-bond acceptors (Lipinski definition) is 2. The van der Waals surface area contributed by atoms with Gasteiger partial charge in [0, 0.05) is 5.41 Å². The van der Waals surface area contributed by atoms with Crippen LogP contribution in [-0.2, 0) is 10.2 Å². The van der Waals surface area contributed by atoms with E-state index in [1.54, 1.807) is 7.11 Å². The van der Waals surface area contributed by atoms with E-state index in [1.807, 2.05) is 39.0 Å². The van der Waals surface area contributed by atoms with Crippen molar-refractivity contribution in [3.63, 3.8) is 0 Å². The van der Waals surface area contributed by atoms with E-state index in [-0.39, 0.29) is 11.8 Å². The van der Waals surface area contributed by atoms with Crippen LogP contribution in [0, 0.1) is 6.92 Å². The quantitative estimate of drug-likeness (QED) is 0.852. The summed E-state index contributed by atoms with van der Waals surface area (Å²) < 4.78 is 5.24. The molecule has 0 aliphatic heterocycles. The minimum absolute atomic E-state index is 0.112. The van der Waals surface area contributed by atoms with Crippen molar-refractivity contribution >= 4 is 5.97 Å². The highest BCUT2D eigenvalue weighted by molar-refractivity contribution is 5.69. The van der Waals surface area contributed by atoms with E-state index in [1.165, 1.54) is 0 Å². The Kier molecular flexibility index (Phi) is 3.58. The lowest BCUT2D eigenvalue weighted by Gasteiger charge is -2.26. The Morgan fingerprint density at radius 1 is 1.44 bits per heavy atom. The molecule has 1 rings (SSSR count). The van der Waals surface area contributed by atoms with Crippen molar-refractivity contribution < 1.29 is 14.6 Å². The summed E-state index contributed by atoms with van der Waals surface area (Å²) in [6.45, 7) is 5.82. The van der Waals surface area contributed by atoms with Gasteiger partial charge in [-0.2, -0.15) is 0 Å². The monoisotopic (exact) mass is 222 g/mol. The van der Waals surface area contributed by atoms with Crippen molar-refractivity contribution in [3.8, 4) is 5.75 Å². The smallest absolute Gasteiger partial charge is 0.304 e. The third-order valence-electron chi connectivity index (χ3n) is 2.83. The van der Waals surface area contributed by atoms with Gasteiger partial charge >= 0.3 is 5.97 Å². The van der Waals surface area contributed by atoms with E-state index in [9.17, 15) is 4.79 Å². The number of hydrogen-bond donors (Lipinski definition) is 1. The van der Waals surface area contributed by atoms with E-state index in [2.05, 4.69) is 0 Å². The lowest BCUT2D eigenvalue weighted by molar-refractivity contribution is -0.138. The van der Waals surface area contributed by atoms with E-state index >= 15 is 0 Å². The molecule has 0 spiro atoms. The highest BCUT2D eigenvalue weighted by Gasteiger charge is 2.26. The van der Waals surface area contributed by atoms with Crippen LogP contribution in [0.2, 0.25) is 0 Å². The molecule has 0 radical (unpaired) electrons. The Morgan fingerprint density at radius 3 is 2.56 bits per heavy atom. The molecule has 1 aromatic rings. The van der Waals surface area contributed by atoms with Crippen LogP contribution in [0.5, 0.6) is 5.75 Å². The van der Waals surface area contributed by atoms with Gasteiger partial charge in [0.1, 0.15) is 5.75 Å². The van der Waals surface area contributed by atoms with Crippen LogP contribution in [0.15, 0.2) is 18.2 Å². The van der Waals surface area contributed by atoms with E-state index in [4.69, 9.17) is 9.84 Å². The maximum Gasteiger partial charge on any atom is 0.304 e. The summed E-state index contributed by atoms with van der Waals surface area (Å²) >= 11 is 0. The van der Waals surface area contributed by atoms with Crippen LogP contribution in [-0.4, -0.2) is 18.2 Å². The molecule has 0 atom stereocenters. The molecule has 16 heavy (non-hydrogen) atoms. The fraction of sp³-hybridized carbons (Fsp3) is 0.462. The van der Waals surface area contributed by atoms with Crippen molar-refractivity contribution in [1.29, 1.82) is 0 Å². The summed E-state index contributed by atoms with van der Waals surface area (Å²) in [5.74, 6) is 0.0168. The largest absolute Gasteiger partial charge is 0.496 e. The highest BCUT2D eigenvalue weighted by atomic mass is 16.5. The van der Waals surface area contributed by atoms with E-state index < -0.39 is 5.97 Å². The van der Waals surface area contributed by atoms with Crippen LogP contribution in [0.3, 0.4) is 0 Å². The molecule has 0 unspecified atom stereocenters. The van der Waals surface area contributed by atoms with Crippen LogP contribution >= 0.6 is 0 Å². The summed E-state index contributed by atoms with van der Waals surface area (Å²) in [6.07, 6.45) is 0.112. The molecule has 1 N–H and O–H groups in total. The standard InChI is InChI=1S/C13H18O3/c1-9-10(6-5-7-11(9)16-4)13(2,3)8-12(14)15/h5-7H,8H2,1-4H3,(H,14,15). The van der Waals surface area contributed by atoms with Crippen molar-refractivity contribution in [1.82, 2.24) is 0 Å². The SMILES string of the molecule is COc1cccc(C(C)(C)CC(=O)O)c1C. The zero-order valence-corrected chi connectivity index (χ0v) is 10.2.